The summed E-state index contributed by atoms with van der Waals surface area (Å²) in [6.07, 6.45) is -0.860. The van der Waals surface area contributed by atoms with Gasteiger partial charge in [-0.1, -0.05) is 18.2 Å². The number of amides is 1. The molecule has 0 spiro atoms. The predicted octanol–water partition coefficient (Wildman–Crippen LogP) is 2.84. The smallest absolute Gasteiger partial charge is 0.407 e. The summed E-state index contributed by atoms with van der Waals surface area (Å²) in [5.41, 5.74) is 13.0. The highest BCUT2D eigenvalue weighted by molar-refractivity contribution is 5.83. The number of carbonyl (C=O) groups excluding carboxylic acids is 1. The fraction of sp³-hybridized carbons (Fsp3) is 0.143. The number of carbonyl (C=O) groups is 1. The Morgan fingerprint density at radius 3 is 2.52 bits per heavy atom. The van der Waals surface area contributed by atoms with Gasteiger partial charge in [0.05, 0.1) is 30.4 Å². The summed E-state index contributed by atoms with van der Waals surface area (Å²) in [6, 6.07) is 8.33. The van der Waals surface area contributed by atoms with Gasteiger partial charge in [0, 0.05) is 17.9 Å². The zero-order valence-electron chi connectivity index (χ0n) is 17.3. The number of nitrogens with two attached hydrogens (primary N) is 2. The van der Waals surface area contributed by atoms with Crippen molar-refractivity contribution in [3.63, 3.8) is 0 Å². The molecular formula is C21H18F3N7O2. The quantitative estimate of drug-likeness (QED) is 0.392. The van der Waals surface area contributed by atoms with E-state index in [0.717, 1.165) is 6.07 Å². The molecule has 0 unspecified atom stereocenters. The maximum absolute atomic E-state index is 14.2. The number of hydrogen-bond donors (Lipinski definition) is 3. The van der Waals surface area contributed by atoms with Crippen LogP contribution >= 0.6 is 0 Å². The van der Waals surface area contributed by atoms with Crippen LogP contribution in [0.15, 0.2) is 36.4 Å². The molecule has 5 N–H and O–H groups in total. The summed E-state index contributed by atoms with van der Waals surface area (Å²) < 4.78 is 47.4. The number of methoxy groups -OCH3 is 1. The van der Waals surface area contributed by atoms with E-state index in [0.29, 0.717) is 22.7 Å². The van der Waals surface area contributed by atoms with Crippen molar-refractivity contribution in [1.82, 2.24) is 25.1 Å². The lowest BCUT2D eigenvalue weighted by molar-refractivity contribution is 0.170. The van der Waals surface area contributed by atoms with Gasteiger partial charge in [0.15, 0.2) is 11.6 Å². The van der Waals surface area contributed by atoms with Crippen LogP contribution in [0.1, 0.15) is 16.8 Å². The summed E-state index contributed by atoms with van der Waals surface area (Å²) >= 11 is 0. The number of nitrogen functional groups attached to an aromatic ring is 2. The minimum absolute atomic E-state index is 0.00767. The molecular weight excluding hydrogens is 439 g/mol. The molecule has 0 bridgehead atoms. The van der Waals surface area contributed by atoms with Gasteiger partial charge in [-0.25, -0.2) is 18.0 Å². The lowest BCUT2D eigenvalue weighted by Gasteiger charge is -2.11. The Balaban J connectivity index is 1.76. The van der Waals surface area contributed by atoms with E-state index in [1.54, 1.807) is 24.3 Å². The van der Waals surface area contributed by atoms with Crippen LogP contribution in [0, 0.1) is 17.5 Å². The topological polar surface area (TPSA) is 134 Å². The first-order chi connectivity index (χ1) is 15.8. The van der Waals surface area contributed by atoms with Crippen molar-refractivity contribution in [1.29, 1.82) is 0 Å². The molecule has 33 heavy (non-hydrogen) atoms. The number of alkyl carbamates (subject to hydrolysis) is 1. The number of rotatable bonds is 5. The molecule has 1 amide bonds. The molecule has 4 aromatic rings. The Morgan fingerprint density at radius 1 is 1.12 bits per heavy atom. The van der Waals surface area contributed by atoms with Gasteiger partial charge in [-0.05, 0) is 17.7 Å². The van der Waals surface area contributed by atoms with Crippen LogP contribution in [0.4, 0.5) is 29.6 Å². The van der Waals surface area contributed by atoms with E-state index in [2.05, 4.69) is 25.1 Å². The largest absolute Gasteiger partial charge is 0.453 e. The van der Waals surface area contributed by atoms with Crippen LogP contribution in [0.2, 0.25) is 0 Å². The van der Waals surface area contributed by atoms with Crippen LogP contribution in [0.25, 0.3) is 16.9 Å². The molecule has 9 nitrogen and oxygen atoms in total. The van der Waals surface area contributed by atoms with Gasteiger partial charge in [0.1, 0.15) is 17.5 Å². The third-order valence-electron chi connectivity index (χ3n) is 4.93. The molecule has 12 heteroatoms. The lowest BCUT2D eigenvalue weighted by atomic mass is 10.1. The van der Waals surface area contributed by atoms with Gasteiger partial charge in [-0.15, -0.1) is 0 Å². The van der Waals surface area contributed by atoms with Gasteiger partial charge in [-0.2, -0.15) is 19.7 Å². The van der Waals surface area contributed by atoms with Crippen molar-refractivity contribution in [3.8, 4) is 5.95 Å². The third kappa shape index (κ3) is 4.22. The number of para-hydroxylation sites is 1. The maximum Gasteiger partial charge on any atom is 0.407 e. The molecule has 2 aromatic carbocycles. The molecule has 0 aliphatic heterocycles. The Morgan fingerprint density at radius 2 is 1.82 bits per heavy atom. The maximum atomic E-state index is 14.2. The predicted molar refractivity (Wildman–Crippen MR) is 114 cm³/mol. The highest BCUT2D eigenvalue weighted by Gasteiger charge is 2.19. The van der Waals surface area contributed by atoms with E-state index >= 15 is 0 Å². The van der Waals surface area contributed by atoms with Gasteiger partial charge < -0.3 is 21.5 Å². The first-order valence-corrected chi connectivity index (χ1v) is 9.62. The van der Waals surface area contributed by atoms with E-state index in [9.17, 15) is 18.0 Å². The van der Waals surface area contributed by atoms with Crippen molar-refractivity contribution in [2.45, 2.75) is 13.0 Å². The number of anilines is 2. The summed E-state index contributed by atoms with van der Waals surface area (Å²) in [7, 11) is 1.21. The second-order valence-electron chi connectivity index (χ2n) is 7.03. The average molecular weight is 457 g/mol. The second-order valence-corrected chi connectivity index (χ2v) is 7.03. The lowest BCUT2D eigenvalue weighted by Crippen LogP contribution is -2.24. The van der Waals surface area contributed by atoms with E-state index in [1.165, 1.54) is 11.8 Å². The highest BCUT2D eigenvalue weighted by Crippen LogP contribution is 2.26. The molecule has 0 aliphatic rings. The minimum atomic E-state index is -1.28. The molecule has 2 heterocycles. The zero-order valence-corrected chi connectivity index (χ0v) is 17.3. The number of benzene rings is 2. The van der Waals surface area contributed by atoms with Crippen LogP contribution in [-0.2, 0) is 17.7 Å². The van der Waals surface area contributed by atoms with E-state index in [-0.39, 0.29) is 41.7 Å². The molecule has 0 aliphatic carbocycles. The van der Waals surface area contributed by atoms with E-state index < -0.39 is 23.5 Å². The van der Waals surface area contributed by atoms with Gasteiger partial charge in [-0.3, -0.25) is 0 Å². The molecule has 170 valence electrons. The summed E-state index contributed by atoms with van der Waals surface area (Å²) in [5.74, 6) is -3.29. The van der Waals surface area contributed by atoms with Crippen LogP contribution in [0.3, 0.4) is 0 Å². The molecule has 0 radical (unpaired) electrons. The SMILES string of the molecule is COC(=O)NCc1c(N)nc(-n2nc(Cc3cc(F)cc(F)c3F)c3ccccc32)nc1N. The van der Waals surface area contributed by atoms with Crippen molar-refractivity contribution >= 4 is 28.6 Å². The standard InChI is InChI=1S/C21H18F3N7O2/c1-33-21(32)27-9-13-18(25)28-20(29-19(13)26)31-16-5-3-2-4-12(16)15(30-31)7-10-6-11(22)8-14(23)17(10)24/h2-6,8H,7,9H2,1H3,(H,27,32)(H4,25,26,28,29). The van der Waals surface area contributed by atoms with Crippen molar-refractivity contribution in [3.05, 3.63) is 70.7 Å². The average Bonchev–Trinajstić information content (AvgIpc) is 3.14. The molecule has 0 atom stereocenters. The Labute approximate surface area is 185 Å². The highest BCUT2D eigenvalue weighted by atomic mass is 19.2. The minimum Gasteiger partial charge on any atom is -0.453 e. The van der Waals surface area contributed by atoms with Crippen molar-refractivity contribution in [2.75, 3.05) is 18.6 Å². The summed E-state index contributed by atoms with van der Waals surface area (Å²) in [5, 5.41) is 7.47. The summed E-state index contributed by atoms with van der Waals surface area (Å²) in [6.45, 7) is -0.0554. The van der Waals surface area contributed by atoms with Crippen LogP contribution < -0.4 is 16.8 Å². The van der Waals surface area contributed by atoms with E-state index in [1.807, 2.05) is 0 Å². The number of nitrogens with zero attached hydrogens (tertiary/aromatic N) is 4. The number of halogens is 3. The first-order valence-electron chi connectivity index (χ1n) is 9.62. The van der Waals surface area contributed by atoms with Gasteiger partial charge in [0.2, 0.25) is 0 Å². The number of ether oxygens (including phenoxy) is 1. The number of fused-ring (bicyclic) bond motifs is 1. The normalized spacial score (nSPS) is 11.0. The second kappa shape index (κ2) is 8.65. The molecule has 2 aromatic heterocycles. The Hall–Kier alpha value is -4.35. The number of aromatic nitrogens is 4. The fourth-order valence-electron chi connectivity index (χ4n) is 3.35. The molecule has 0 saturated carbocycles. The summed E-state index contributed by atoms with van der Waals surface area (Å²) in [4.78, 5) is 19.8. The van der Waals surface area contributed by atoms with Gasteiger partial charge >= 0.3 is 6.09 Å². The third-order valence-corrected chi connectivity index (χ3v) is 4.93. The number of nitrogens with one attached hydrogen (secondary N) is 1. The monoisotopic (exact) mass is 457 g/mol. The first kappa shape index (κ1) is 21.9. The van der Waals surface area contributed by atoms with Gasteiger partial charge in [0.25, 0.3) is 5.95 Å². The van der Waals surface area contributed by atoms with Crippen molar-refractivity contribution < 1.29 is 22.7 Å². The molecule has 0 fully saturated rings. The fourth-order valence-corrected chi connectivity index (χ4v) is 3.35. The van der Waals surface area contributed by atoms with Crippen molar-refractivity contribution in [2.24, 2.45) is 0 Å². The zero-order chi connectivity index (χ0) is 23.7. The molecule has 4 rings (SSSR count). The Kier molecular flexibility index (Phi) is 5.73. The van der Waals surface area contributed by atoms with Crippen LogP contribution in [0.5, 0.6) is 0 Å². The van der Waals surface area contributed by atoms with Crippen LogP contribution in [-0.4, -0.2) is 33.0 Å². The molecule has 0 saturated heterocycles. The number of hydrogen-bond acceptors (Lipinski definition) is 7. The van der Waals surface area contributed by atoms with E-state index in [4.69, 9.17) is 11.5 Å². The Bertz CT molecular complexity index is 1350.